The fourth-order valence-corrected chi connectivity index (χ4v) is 9.81. The number of carbonyl (C=O) groups is 9. The zero-order chi connectivity index (χ0) is 63.9. The van der Waals surface area contributed by atoms with E-state index in [0.29, 0.717) is 55.3 Å². The zero-order valence-electron chi connectivity index (χ0n) is 52.2. The van der Waals surface area contributed by atoms with Crippen LogP contribution in [0, 0.1) is 35.5 Å². The number of amides is 4. The Labute approximate surface area is 511 Å². The van der Waals surface area contributed by atoms with Crippen molar-refractivity contribution in [1.29, 1.82) is 0 Å². The molecule has 1 aliphatic heterocycles. The van der Waals surface area contributed by atoms with Gasteiger partial charge in [-0.15, -0.1) is 11.3 Å². The van der Waals surface area contributed by atoms with E-state index in [0.717, 1.165) is 11.3 Å². The number of carboxylic acid groups (broad SMARTS) is 1. The van der Waals surface area contributed by atoms with Crippen molar-refractivity contribution in [3.63, 3.8) is 0 Å². The first-order chi connectivity index (χ1) is 40.7. The second-order valence-corrected chi connectivity index (χ2v) is 23.4. The third-order valence-electron chi connectivity index (χ3n) is 15.0. The van der Waals surface area contributed by atoms with Crippen molar-refractivity contribution in [3.8, 4) is 17.6 Å². The van der Waals surface area contributed by atoms with E-state index < -0.39 is 71.2 Å². The molecule has 1 aliphatic rings. The molecule has 0 aliphatic carbocycles. The minimum absolute atomic E-state index is 0.0199. The topological polar surface area (TPSA) is 297 Å². The predicted molar refractivity (Wildman–Crippen MR) is 324 cm³/mol. The Hall–Kier alpha value is -6.62. The second kappa shape index (κ2) is 38.5. The quantitative estimate of drug-likeness (QED) is 0.0569. The van der Waals surface area contributed by atoms with Gasteiger partial charge in [0.05, 0.1) is 82.1 Å². The molecule has 0 bridgehead atoms. The lowest BCUT2D eigenvalue weighted by Crippen LogP contribution is -2.50. The van der Waals surface area contributed by atoms with Gasteiger partial charge in [-0.2, -0.15) is 0 Å². The first kappa shape index (κ1) is 73.6. The van der Waals surface area contributed by atoms with Crippen LogP contribution in [-0.4, -0.2) is 178 Å². The summed E-state index contributed by atoms with van der Waals surface area (Å²) in [5, 5.41) is 23.2. The van der Waals surface area contributed by atoms with Crippen molar-refractivity contribution in [3.05, 3.63) is 52.1 Å². The number of anilines is 1. The molecule has 0 saturated carbocycles. The van der Waals surface area contributed by atoms with Gasteiger partial charge in [0.2, 0.25) is 11.8 Å². The number of ketones is 2. The highest BCUT2D eigenvalue weighted by atomic mass is 32.1. The van der Waals surface area contributed by atoms with Crippen molar-refractivity contribution in [1.82, 2.24) is 30.7 Å². The summed E-state index contributed by atoms with van der Waals surface area (Å²) in [6, 6.07) is 3.40. The molecule has 1 aromatic carbocycles. The van der Waals surface area contributed by atoms with Crippen LogP contribution in [0.1, 0.15) is 147 Å². The Morgan fingerprint density at radius 2 is 1.48 bits per heavy atom. The number of carbonyl (C=O) groups excluding carboxylic acids is 8. The molecule has 86 heavy (non-hydrogen) atoms. The number of nitrogens with one attached hydrogen (secondary N) is 4. The van der Waals surface area contributed by atoms with E-state index in [9.17, 15) is 48.3 Å². The molecule has 2 heterocycles. The summed E-state index contributed by atoms with van der Waals surface area (Å²) in [6.45, 7) is 20.3. The number of Topliss-reactive ketones (excluding diaryl/α,β-unsaturated/α-hetero) is 2. The van der Waals surface area contributed by atoms with Gasteiger partial charge >= 0.3 is 17.9 Å². The van der Waals surface area contributed by atoms with Crippen molar-refractivity contribution in [2.45, 2.75) is 150 Å². The van der Waals surface area contributed by atoms with Crippen LogP contribution in [0.3, 0.4) is 0 Å². The lowest BCUT2D eigenvalue weighted by Gasteiger charge is -2.38. The number of aromatic nitrogens is 1. The molecular formula is C62H93N7O16S. The summed E-state index contributed by atoms with van der Waals surface area (Å²) in [5.41, 5.74) is 0.199. The van der Waals surface area contributed by atoms with E-state index in [1.165, 1.54) is 25.3 Å². The summed E-state index contributed by atoms with van der Waals surface area (Å²) in [6.07, 6.45) is 1.01. The minimum Gasteiger partial charge on any atom is -0.481 e. The largest absolute Gasteiger partial charge is 0.481 e. The number of thiazole rings is 1. The molecule has 3 rings (SSSR count). The number of benzene rings is 1. The Morgan fingerprint density at radius 1 is 0.849 bits per heavy atom. The number of ether oxygens (including phenoxy) is 6. The maximum Gasteiger partial charge on any atom is 0.313 e. The van der Waals surface area contributed by atoms with Gasteiger partial charge in [0, 0.05) is 88.5 Å². The molecule has 0 radical (unpaired) electrons. The maximum absolute atomic E-state index is 14.4. The van der Waals surface area contributed by atoms with E-state index in [2.05, 4.69) is 44.7 Å². The SMILES string of the molecule is C=C1C#CC(=O)NCCOCCOCCC(=O)Oc2ccc(C[C@@H](CC(C)C(=O)O)NC(=O)c3csc([C@@H](C[C@H](C(C)C)N(C)C(=O)[C@@H](CC(=O)C(C)(C)N(C)C)[C@@H](C)CC)OC(C)=O)n3)cc2NC(=O)CCCCC(=O)CCOCCOCCN1. The van der Waals surface area contributed by atoms with Gasteiger partial charge in [-0.1, -0.05) is 53.7 Å². The summed E-state index contributed by atoms with van der Waals surface area (Å²) < 4.78 is 33.7. The minimum atomic E-state index is -1.10. The van der Waals surface area contributed by atoms with Gasteiger partial charge in [-0.3, -0.25) is 48.1 Å². The third kappa shape index (κ3) is 27.0. The number of allylic oxidation sites excluding steroid dienone is 1. The molecule has 6 atom stereocenters. The lowest BCUT2D eigenvalue weighted by atomic mass is 9.81. The normalized spacial score (nSPS) is 17.9. The highest BCUT2D eigenvalue weighted by Crippen LogP contribution is 2.34. The summed E-state index contributed by atoms with van der Waals surface area (Å²) in [5.74, 6) is -0.901. The van der Waals surface area contributed by atoms with Crippen LogP contribution in [0.25, 0.3) is 0 Å². The smallest absolute Gasteiger partial charge is 0.313 e. The van der Waals surface area contributed by atoms with Crippen molar-refractivity contribution in [2.75, 3.05) is 92.4 Å². The van der Waals surface area contributed by atoms with Crippen LogP contribution in [0.15, 0.2) is 35.9 Å². The number of hydrogen-bond donors (Lipinski definition) is 5. The number of rotatable bonds is 20. The Bertz CT molecular complexity index is 2650. The van der Waals surface area contributed by atoms with E-state index in [1.807, 2.05) is 60.5 Å². The van der Waals surface area contributed by atoms with Crippen LogP contribution in [0.5, 0.6) is 5.75 Å². The standard InChI is InChI=1S/C62H93N7O16S/c1-13-41(4)48(37-54(72)62(8,9)68(10)11)60(77)69(12)51(40(2)3)38-53(84-44(7)70)59-67-50(39-86-59)58(76)65-46(34-42(5)61(78)79)35-45-19-20-52-49(36-45)66-56(74)17-15-14-16-47(71)22-26-80-30-32-82-28-24-63-43(6)18-21-55(73)64-25-29-83-33-31-81-27-23-57(75)85-52/h19-20,36,39-42,46,48,51,53,63H,6,13-17,22-35,37-38H2,1-5,7-12H3,(H,64,73)(H,65,76)(H,66,74)(H,78,79)/t41-,42?,46+,48-,51+,53+/m0/s1. The van der Waals surface area contributed by atoms with E-state index in [4.69, 9.17) is 28.4 Å². The molecule has 2 aromatic rings. The zero-order valence-corrected chi connectivity index (χ0v) is 53.0. The number of carboxylic acids is 1. The van der Waals surface area contributed by atoms with Gasteiger partial charge in [0.25, 0.3) is 11.8 Å². The monoisotopic (exact) mass is 1220 g/mol. The van der Waals surface area contributed by atoms with Crippen molar-refractivity contribution < 1.29 is 76.7 Å². The molecule has 1 aromatic heterocycles. The lowest BCUT2D eigenvalue weighted by molar-refractivity contribution is -0.150. The van der Waals surface area contributed by atoms with Gasteiger partial charge in [-0.25, -0.2) is 4.98 Å². The molecule has 24 heteroatoms. The first-order valence-electron chi connectivity index (χ1n) is 29.6. The fourth-order valence-electron chi connectivity index (χ4n) is 8.97. The Morgan fingerprint density at radius 3 is 2.09 bits per heavy atom. The van der Waals surface area contributed by atoms with Gasteiger partial charge in [0.1, 0.15) is 16.5 Å². The second-order valence-electron chi connectivity index (χ2n) is 22.5. The maximum atomic E-state index is 14.4. The van der Waals surface area contributed by atoms with E-state index in [1.54, 1.807) is 24.1 Å². The molecule has 0 spiro atoms. The average molecular weight is 1220 g/mol. The van der Waals surface area contributed by atoms with Gasteiger partial charge < -0.3 is 59.7 Å². The van der Waals surface area contributed by atoms with Crippen molar-refractivity contribution in [2.24, 2.45) is 23.7 Å². The van der Waals surface area contributed by atoms with E-state index >= 15 is 0 Å². The molecular weight excluding hydrogens is 1130 g/mol. The molecule has 4 amide bonds. The number of hydrogen-bond acceptors (Lipinski definition) is 19. The summed E-state index contributed by atoms with van der Waals surface area (Å²) in [7, 11) is 5.35. The molecule has 0 fully saturated rings. The first-order valence-corrected chi connectivity index (χ1v) is 30.4. The molecule has 5 N–H and O–H groups in total. The highest BCUT2D eigenvalue weighted by molar-refractivity contribution is 7.09. The third-order valence-corrected chi connectivity index (χ3v) is 15.9. The highest BCUT2D eigenvalue weighted by Gasteiger charge is 2.39. The number of esters is 2. The summed E-state index contributed by atoms with van der Waals surface area (Å²) >= 11 is 1.09. The average Bonchev–Trinajstić information content (AvgIpc) is 3.91. The van der Waals surface area contributed by atoms with Crippen LogP contribution < -0.4 is 26.0 Å². The fraction of sp³-hybridized carbons (Fsp3) is 0.645. The summed E-state index contributed by atoms with van der Waals surface area (Å²) in [4.78, 5) is 127. The van der Waals surface area contributed by atoms with Gasteiger partial charge in [-0.05, 0) is 89.1 Å². The van der Waals surface area contributed by atoms with Crippen molar-refractivity contribution >= 4 is 70.1 Å². The van der Waals surface area contributed by atoms with Crippen LogP contribution in [0.2, 0.25) is 0 Å². The number of likely N-dealkylation sites (N-methyl/N-ethyl adjacent to an activating group) is 1. The Balaban J connectivity index is 1.85. The van der Waals surface area contributed by atoms with Crippen LogP contribution in [-0.2, 0) is 68.5 Å². The molecule has 478 valence electrons. The van der Waals surface area contributed by atoms with Crippen LogP contribution in [0.4, 0.5) is 5.69 Å². The predicted octanol–water partition coefficient (Wildman–Crippen LogP) is 6.09. The van der Waals surface area contributed by atoms with Gasteiger partial charge in [0.15, 0.2) is 17.6 Å². The van der Waals surface area contributed by atoms with Crippen LogP contribution >= 0.6 is 11.3 Å². The molecule has 1 unspecified atom stereocenters. The molecule has 0 saturated heterocycles. The number of fused-ring (bicyclic) bond motifs is 1. The molecule has 23 nitrogen and oxygen atoms in total. The number of aliphatic carboxylic acids is 1. The van der Waals surface area contributed by atoms with E-state index in [-0.39, 0.29) is 144 Å². The Kier molecular flexibility index (Phi) is 33.0. The number of nitrogens with zero attached hydrogens (tertiary/aromatic N) is 3.